The van der Waals surface area contributed by atoms with E-state index < -0.39 is 11.6 Å². The number of nitrogens with one attached hydrogen (secondary N) is 2. The number of benzene rings is 1. The fourth-order valence-corrected chi connectivity index (χ4v) is 3.06. The predicted molar refractivity (Wildman–Crippen MR) is 107 cm³/mol. The summed E-state index contributed by atoms with van der Waals surface area (Å²) < 4.78 is 7.04. The molecule has 0 aliphatic rings. The quantitative estimate of drug-likeness (QED) is 0.533. The van der Waals surface area contributed by atoms with Crippen LogP contribution in [0.5, 0.6) is 5.75 Å². The van der Waals surface area contributed by atoms with Gasteiger partial charge in [0.2, 0.25) is 0 Å². The molecular formula is C19H16ClN7O2. The smallest absolute Gasteiger partial charge is 0.406 e. The summed E-state index contributed by atoms with van der Waals surface area (Å²) in [5.74, 6) is 0.198. The molecule has 1 aromatic carbocycles. The Morgan fingerprint density at radius 3 is 2.97 bits per heavy atom. The van der Waals surface area contributed by atoms with E-state index in [-0.39, 0.29) is 5.75 Å². The highest BCUT2D eigenvalue weighted by atomic mass is 35.5. The Labute approximate surface area is 170 Å². The molecule has 9 nitrogen and oxygen atoms in total. The third-order valence-electron chi connectivity index (χ3n) is 4.30. The number of carbonyl (C=O) groups is 1. The van der Waals surface area contributed by atoms with Gasteiger partial charge in [0.1, 0.15) is 16.9 Å². The van der Waals surface area contributed by atoms with E-state index in [0.717, 1.165) is 10.9 Å². The average Bonchev–Trinajstić information content (AvgIpc) is 3.22. The number of nitriles is 1. The topological polar surface area (TPSA) is 122 Å². The van der Waals surface area contributed by atoms with E-state index in [0.29, 0.717) is 27.6 Å². The molecule has 0 saturated carbocycles. The fourth-order valence-electron chi connectivity index (χ4n) is 2.89. The summed E-state index contributed by atoms with van der Waals surface area (Å²) in [6, 6.07) is 7.46. The molecule has 0 radical (unpaired) electrons. The third kappa shape index (κ3) is 3.46. The lowest BCUT2D eigenvalue weighted by Gasteiger charge is -2.16. The fraction of sp³-hybridized carbons (Fsp3) is 0.211. The van der Waals surface area contributed by atoms with E-state index in [1.807, 2.05) is 25.2 Å². The second-order valence-corrected chi connectivity index (χ2v) is 7.43. The van der Waals surface area contributed by atoms with Gasteiger partial charge in [0.15, 0.2) is 16.9 Å². The van der Waals surface area contributed by atoms with Crippen molar-refractivity contribution in [3.05, 3.63) is 35.6 Å². The van der Waals surface area contributed by atoms with E-state index >= 15 is 0 Å². The molecule has 29 heavy (non-hydrogen) atoms. The van der Waals surface area contributed by atoms with Crippen LogP contribution >= 0.6 is 11.6 Å². The van der Waals surface area contributed by atoms with Gasteiger partial charge in [0.05, 0.1) is 17.8 Å². The molecule has 10 heteroatoms. The maximum Gasteiger partial charge on any atom is 0.413 e. The van der Waals surface area contributed by atoms with Crippen LogP contribution < -0.4 is 10.1 Å². The molecule has 4 aromatic rings. The molecule has 0 atom stereocenters. The van der Waals surface area contributed by atoms with Gasteiger partial charge in [0, 0.05) is 23.7 Å². The number of rotatable bonds is 3. The van der Waals surface area contributed by atoms with Crippen LogP contribution in [0.15, 0.2) is 30.6 Å². The summed E-state index contributed by atoms with van der Waals surface area (Å²) in [5.41, 5.74) is 1.79. The van der Waals surface area contributed by atoms with Gasteiger partial charge in [-0.1, -0.05) is 11.6 Å². The molecular weight excluding hydrogens is 394 g/mol. The number of ether oxygens (including phenoxy) is 1. The number of halogens is 1. The van der Waals surface area contributed by atoms with Gasteiger partial charge in [-0.05, 0) is 32.0 Å². The summed E-state index contributed by atoms with van der Waals surface area (Å²) >= 11 is 6.09. The van der Waals surface area contributed by atoms with Crippen molar-refractivity contribution in [1.82, 2.24) is 30.0 Å². The van der Waals surface area contributed by atoms with Crippen LogP contribution in [0.3, 0.4) is 0 Å². The molecule has 3 aromatic heterocycles. The molecule has 0 unspecified atom stereocenters. The number of aromatic nitrogens is 5. The Kier molecular flexibility index (Phi) is 4.36. The number of fused-ring (bicyclic) bond motifs is 2. The minimum Gasteiger partial charge on any atom is -0.406 e. The number of aryl methyl sites for hydroxylation is 1. The first kappa shape index (κ1) is 18.7. The highest BCUT2D eigenvalue weighted by Gasteiger charge is 2.22. The molecule has 0 aliphatic heterocycles. The average molecular weight is 410 g/mol. The van der Waals surface area contributed by atoms with Gasteiger partial charge in [-0.25, -0.2) is 14.8 Å². The van der Waals surface area contributed by atoms with E-state index in [4.69, 9.17) is 21.6 Å². The van der Waals surface area contributed by atoms with E-state index in [1.165, 1.54) is 6.20 Å². The first-order valence-corrected chi connectivity index (χ1v) is 9.03. The van der Waals surface area contributed by atoms with Crippen LogP contribution in [-0.4, -0.2) is 36.4 Å². The van der Waals surface area contributed by atoms with Gasteiger partial charge in [0.25, 0.3) is 0 Å². The Bertz CT molecular complexity index is 1300. The lowest BCUT2D eigenvalue weighted by atomic mass is 10.1. The number of hydrogen-bond donors (Lipinski definition) is 2. The maximum absolute atomic E-state index is 12.1. The Hall–Kier alpha value is -3.64. The van der Waals surface area contributed by atoms with Gasteiger partial charge >= 0.3 is 6.09 Å². The van der Waals surface area contributed by atoms with Crippen LogP contribution in [-0.2, 0) is 7.05 Å². The Balaban J connectivity index is 1.73. The summed E-state index contributed by atoms with van der Waals surface area (Å²) in [4.78, 5) is 24.0. The van der Waals surface area contributed by atoms with Crippen molar-refractivity contribution in [3.63, 3.8) is 0 Å². The highest BCUT2D eigenvalue weighted by molar-refractivity contribution is 6.31. The minimum absolute atomic E-state index is 0.198. The Morgan fingerprint density at radius 2 is 2.21 bits per heavy atom. The first-order valence-electron chi connectivity index (χ1n) is 8.65. The maximum atomic E-state index is 12.1. The number of H-pyrrole nitrogens is 1. The van der Waals surface area contributed by atoms with Crippen molar-refractivity contribution in [2.24, 2.45) is 7.05 Å². The van der Waals surface area contributed by atoms with E-state index in [9.17, 15) is 4.79 Å². The summed E-state index contributed by atoms with van der Waals surface area (Å²) in [6.07, 6.45) is 2.32. The number of amides is 1. The molecule has 0 spiro atoms. The minimum atomic E-state index is -1.06. The van der Waals surface area contributed by atoms with Crippen molar-refractivity contribution in [3.8, 4) is 23.2 Å². The molecule has 146 valence electrons. The SMILES string of the molecule is Cn1nc(-c2cnc3[nH]cc(OC(=O)NC(C)(C)C#N)c3n2)c2ccc(Cl)cc21. The number of hydrogen-bond acceptors (Lipinski definition) is 6. The van der Waals surface area contributed by atoms with Gasteiger partial charge in [-0.2, -0.15) is 10.4 Å². The second kappa shape index (κ2) is 6.76. The van der Waals surface area contributed by atoms with Crippen molar-refractivity contribution < 1.29 is 9.53 Å². The second-order valence-electron chi connectivity index (χ2n) is 6.99. The zero-order chi connectivity index (χ0) is 20.8. The monoisotopic (exact) mass is 409 g/mol. The molecule has 0 fully saturated rings. The Morgan fingerprint density at radius 1 is 1.41 bits per heavy atom. The zero-order valence-electron chi connectivity index (χ0n) is 15.8. The van der Waals surface area contributed by atoms with Crippen LogP contribution in [0.25, 0.3) is 33.5 Å². The molecule has 2 N–H and O–H groups in total. The summed E-state index contributed by atoms with van der Waals surface area (Å²) in [5, 5.41) is 17.5. The van der Waals surface area contributed by atoms with Crippen molar-refractivity contribution in [1.29, 1.82) is 5.26 Å². The molecule has 0 saturated heterocycles. The number of nitrogens with zero attached hydrogens (tertiary/aromatic N) is 5. The van der Waals surface area contributed by atoms with Crippen LogP contribution in [0, 0.1) is 11.3 Å². The van der Waals surface area contributed by atoms with Crippen molar-refractivity contribution in [2.45, 2.75) is 19.4 Å². The number of aromatic amines is 1. The zero-order valence-corrected chi connectivity index (χ0v) is 16.6. The molecule has 0 aliphatic carbocycles. The van der Waals surface area contributed by atoms with Gasteiger partial charge in [-0.3, -0.25) is 4.68 Å². The molecule has 4 rings (SSSR count). The highest BCUT2D eigenvalue weighted by Crippen LogP contribution is 2.30. The predicted octanol–water partition coefficient (Wildman–Crippen LogP) is 3.56. The van der Waals surface area contributed by atoms with Crippen molar-refractivity contribution >= 4 is 39.8 Å². The standard InChI is InChI=1S/C19H16ClN7O2/c1-19(2,9-21)25-18(28)29-14-8-23-17-16(14)24-12(7-22-17)15-11-5-4-10(20)6-13(11)27(3)26-15/h4-8H,1-3H3,(H,22,23)(H,25,28). The van der Waals surface area contributed by atoms with Crippen LogP contribution in [0.1, 0.15) is 13.8 Å². The lowest BCUT2D eigenvalue weighted by molar-refractivity contribution is 0.194. The van der Waals surface area contributed by atoms with Crippen LogP contribution in [0.2, 0.25) is 5.02 Å². The summed E-state index contributed by atoms with van der Waals surface area (Å²) in [6.45, 7) is 3.14. The first-order chi connectivity index (χ1) is 13.8. The van der Waals surface area contributed by atoms with Crippen molar-refractivity contribution in [2.75, 3.05) is 0 Å². The molecule has 0 bridgehead atoms. The van der Waals surface area contributed by atoms with Gasteiger partial charge in [-0.15, -0.1) is 0 Å². The molecule has 3 heterocycles. The number of carbonyl (C=O) groups excluding carboxylic acids is 1. The lowest BCUT2D eigenvalue weighted by Crippen LogP contribution is -2.43. The normalized spacial score (nSPS) is 11.6. The largest absolute Gasteiger partial charge is 0.413 e. The van der Waals surface area contributed by atoms with Crippen LogP contribution in [0.4, 0.5) is 4.79 Å². The van der Waals surface area contributed by atoms with E-state index in [1.54, 1.807) is 30.8 Å². The van der Waals surface area contributed by atoms with E-state index in [2.05, 4.69) is 25.4 Å². The summed E-state index contributed by atoms with van der Waals surface area (Å²) in [7, 11) is 1.82. The third-order valence-corrected chi connectivity index (χ3v) is 4.53. The van der Waals surface area contributed by atoms with Gasteiger partial charge < -0.3 is 15.0 Å². The molecule has 1 amide bonds.